The maximum atomic E-state index is 12.2. The first-order valence-corrected chi connectivity index (χ1v) is 8.52. The normalized spacial score (nSPS) is 21.1. The molecule has 3 heterocycles. The number of hydrogen-bond acceptors (Lipinski definition) is 5. The number of aromatic nitrogens is 1. The maximum absolute atomic E-state index is 12.2. The van der Waals surface area contributed by atoms with Gasteiger partial charge in [0.15, 0.2) is 5.79 Å². The number of nitrogens with zero attached hydrogens (tertiary/aromatic N) is 2. The van der Waals surface area contributed by atoms with Gasteiger partial charge in [-0.1, -0.05) is 0 Å². The van der Waals surface area contributed by atoms with E-state index in [1.807, 2.05) is 11.8 Å². The molecule has 6 heteroatoms. The second-order valence-corrected chi connectivity index (χ2v) is 6.76. The molecule has 0 unspecified atom stereocenters. The molecule has 2 aliphatic rings. The average Bonchev–Trinajstić information content (AvgIpc) is 3.10. The Morgan fingerprint density at radius 2 is 2.10 bits per heavy atom. The van der Waals surface area contributed by atoms with E-state index in [-0.39, 0.29) is 5.91 Å². The van der Waals surface area contributed by atoms with Crippen LogP contribution in [0.4, 0.5) is 0 Å². The molecule has 1 aromatic rings. The fraction of sp³-hybridized carbons (Fsp3) is 0.733. The molecule has 0 bridgehead atoms. The molecule has 0 saturated carbocycles. The van der Waals surface area contributed by atoms with E-state index in [1.165, 1.54) is 0 Å². The van der Waals surface area contributed by atoms with Crippen LogP contribution in [0.5, 0.6) is 0 Å². The summed E-state index contributed by atoms with van der Waals surface area (Å²) in [6.45, 7) is 4.86. The van der Waals surface area contributed by atoms with Gasteiger partial charge in [0.1, 0.15) is 0 Å². The number of piperidine rings is 1. The molecular weight excluding hydrogens is 288 g/mol. The van der Waals surface area contributed by atoms with Gasteiger partial charge in [-0.05, 0) is 19.8 Å². The third-order valence-electron chi connectivity index (χ3n) is 4.18. The van der Waals surface area contributed by atoms with Crippen molar-refractivity contribution >= 4 is 17.2 Å². The number of ether oxygens (including phenoxy) is 2. The summed E-state index contributed by atoms with van der Waals surface area (Å²) < 4.78 is 11.4. The highest BCUT2D eigenvalue weighted by Crippen LogP contribution is 2.31. The Balaban J connectivity index is 1.40. The van der Waals surface area contributed by atoms with Crippen molar-refractivity contribution in [1.82, 2.24) is 9.88 Å². The lowest BCUT2D eigenvalue weighted by atomic mass is 10.0. The smallest absolute Gasteiger partial charge is 0.222 e. The third-order valence-corrected chi connectivity index (χ3v) is 5.00. The van der Waals surface area contributed by atoms with Crippen molar-refractivity contribution in [3.63, 3.8) is 0 Å². The van der Waals surface area contributed by atoms with E-state index in [4.69, 9.17) is 9.47 Å². The number of carbonyl (C=O) groups excluding carboxylic acids is 1. The fourth-order valence-corrected chi connectivity index (χ4v) is 3.63. The zero-order valence-corrected chi connectivity index (χ0v) is 13.3. The highest BCUT2D eigenvalue weighted by Gasteiger charge is 2.40. The lowest BCUT2D eigenvalue weighted by Gasteiger charge is -2.37. The first-order chi connectivity index (χ1) is 10.2. The Hall–Kier alpha value is -0.980. The first kappa shape index (κ1) is 14.9. The number of amides is 1. The van der Waals surface area contributed by atoms with Gasteiger partial charge >= 0.3 is 0 Å². The largest absolute Gasteiger partial charge is 0.347 e. The Kier molecular flexibility index (Phi) is 4.57. The fourth-order valence-electron chi connectivity index (χ4n) is 2.98. The molecule has 0 atom stereocenters. The zero-order chi connectivity index (χ0) is 14.7. The molecule has 1 spiro atoms. The number of hydrogen-bond donors (Lipinski definition) is 0. The predicted molar refractivity (Wildman–Crippen MR) is 80.2 cm³/mol. The average molecular weight is 310 g/mol. The minimum Gasteiger partial charge on any atom is -0.347 e. The summed E-state index contributed by atoms with van der Waals surface area (Å²) in [4.78, 5) is 18.6. The molecule has 2 saturated heterocycles. The SMILES string of the molecule is Cc1nc(CCCC(=O)N2CCC3(CC2)OCCO3)cs1. The predicted octanol–water partition coefficient (Wildman–Crippen LogP) is 2.14. The van der Waals surface area contributed by atoms with Crippen LogP contribution in [0.2, 0.25) is 0 Å². The van der Waals surface area contributed by atoms with Gasteiger partial charge < -0.3 is 14.4 Å². The minimum atomic E-state index is -0.394. The summed E-state index contributed by atoms with van der Waals surface area (Å²) in [7, 11) is 0. The topological polar surface area (TPSA) is 51.7 Å². The lowest BCUT2D eigenvalue weighted by molar-refractivity contribution is -0.187. The van der Waals surface area contributed by atoms with Crippen LogP contribution in [-0.4, -0.2) is 47.9 Å². The molecular formula is C15H22N2O3S. The Bertz CT molecular complexity index is 487. The molecule has 3 rings (SSSR count). The number of thiazole rings is 1. The van der Waals surface area contributed by atoms with E-state index in [1.54, 1.807) is 11.3 Å². The Morgan fingerprint density at radius 1 is 1.38 bits per heavy atom. The Labute approximate surface area is 129 Å². The summed E-state index contributed by atoms with van der Waals surface area (Å²) in [6.07, 6.45) is 3.95. The van der Waals surface area contributed by atoms with E-state index in [9.17, 15) is 4.79 Å². The summed E-state index contributed by atoms with van der Waals surface area (Å²) >= 11 is 1.67. The minimum absolute atomic E-state index is 0.245. The summed E-state index contributed by atoms with van der Waals surface area (Å²) in [5.74, 6) is -0.149. The second-order valence-electron chi connectivity index (χ2n) is 5.70. The monoisotopic (exact) mass is 310 g/mol. The lowest BCUT2D eigenvalue weighted by Crippen LogP contribution is -2.47. The van der Waals surface area contributed by atoms with E-state index in [0.29, 0.717) is 19.6 Å². The highest BCUT2D eigenvalue weighted by atomic mass is 32.1. The molecule has 0 N–H and O–H groups in total. The van der Waals surface area contributed by atoms with Crippen molar-refractivity contribution in [3.05, 3.63) is 16.1 Å². The first-order valence-electron chi connectivity index (χ1n) is 7.64. The van der Waals surface area contributed by atoms with Crippen LogP contribution in [0.25, 0.3) is 0 Å². The molecule has 1 amide bonds. The van der Waals surface area contributed by atoms with Crippen LogP contribution < -0.4 is 0 Å². The maximum Gasteiger partial charge on any atom is 0.222 e. The van der Waals surface area contributed by atoms with E-state index in [2.05, 4.69) is 10.4 Å². The summed E-state index contributed by atoms with van der Waals surface area (Å²) in [5.41, 5.74) is 1.11. The van der Waals surface area contributed by atoms with Gasteiger partial charge in [-0.25, -0.2) is 4.98 Å². The zero-order valence-electron chi connectivity index (χ0n) is 12.5. The van der Waals surface area contributed by atoms with E-state index in [0.717, 1.165) is 49.5 Å². The van der Waals surface area contributed by atoms with Crippen LogP contribution in [0, 0.1) is 6.92 Å². The van der Waals surface area contributed by atoms with Crippen LogP contribution in [0.3, 0.4) is 0 Å². The van der Waals surface area contributed by atoms with Gasteiger partial charge in [-0.15, -0.1) is 11.3 Å². The number of rotatable bonds is 4. The van der Waals surface area contributed by atoms with Crippen LogP contribution >= 0.6 is 11.3 Å². The molecule has 116 valence electrons. The van der Waals surface area contributed by atoms with Crippen LogP contribution in [0.1, 0.15) is 36.4 Å². The second kappa shape index (κ2) is 6.42. The van der Waals surface area contributed by atoms with Crippen molar-refractivity contribution in [2.45, 2.75) is 44.8 Å². The van der Waals surface area contributed by atoms with Gasteiger partial charge in [0.2, 0.25) is 5.91 Å². The third kappa shape index (κ3) is 3.62. The summed E-state index contributed by atoms with van der Waals surface area (Å²) in [5, 5.41) is 3.17. The van der Waals surface area contributed by atoms with Gasteiger partial charge in [0, 0.05) is 37.7 Å². The van der Waals surface area contributed by atoms with Crippen molar-refractivity contribution in [3.8, 4) is 0 Å². The standard InChI is InChI=1S/C15H22N2O3S/c1-12-16-13(11-21-12)3-2-4-14(18)17-7-5-15(6-8-17)19-9-10-20-15/h11H,2-10H2,1H3. The van der Waals surface area contributed by atoms with Crippen molar-refractivity contribution in [2.75, 3.05) is 26.3 Å². The molecule has 0 radical (unpaired) electrons. The number of carbonyl (C=O) groups is 1. The molecule has 5 nitrogen and oxygen atoms in total. The van der Waals surface area contributed by atoms with Gasteiger partial charge in [0.05, 0.1) is 23.9 Å². The summed E-state index contributed by atoms with van der Waals surface area (Å²) in [6, 6.07) is 0. The van der Waals surface area contributed by atoms with Crippen LogP contribution in [-0.2, 0) is 20.7 Å². The van der Waals surface area contributed by atoms with E-state index < -0.39 is 5.79 Å². The van der Waals surface area contributed by atoms with Crippen molar-refractivity contribution in [1.29, 1.82) is 0 Å². The van der Waals surface area contributed by atoms with Gasteiger partial charge in [0.25, 0.3) is 0 Å². The molecule has 0 aliphatic carbocycles. The Morgan fingerprint density at radius 3 is 2.71 bits per heavy atom. The molecule has 21 heavy (non-hydrogen) atoms. The van der Waals surface area contributed by atoms with Crippen molar-refractivity contribution in [2.24, 2.45) is 0 Å². The molecule has 2 aliphatic heterocycles. The van der Waals surface area contributed by atoms with E-state index >= 15 is 0 Å². The van der Waals surface area contributed by atoms with Gasteiger partial charge in [-0.3, -0.25) is 4.79 Å². The molecule has 1 aromatic heterocycles. The quantitative estimate of drug-likeness (QED) is 0.855. The number of aryl methyl sites for hydroxylation is 2. The highest BCUT2D eigenvalue weighted by molar-refractivity contribution is 7.09. The van der Waals surface area contributed by atoms with Crippen molar-refractivity contribution < 1.29 is 14.3 Å². The molecule has 2 fully saturated rings. The van der Waals surface area contributed by atoms with Crippen LogP contribution in [0.15, 0.2) is 5.38 Å². The number of likely N-dealkylation sites (tertiary alicyclic amines) is 1. The van der Waals surface area contributed by atoms with Gasteiger partial charge in [-0.2, -0.15) is 0 Å². The molecule has 0 aromatic carbocycles.